The van der Waals surface area contributed by atoms with Crippen molar-refractivity contribution in [3.8, 4) is 0 Å². The van der Waals surface area contributed by atoms with Crippen LogP contribution >= 0.6 is 27.7 Å². The van der Waals surface area contributed by atoms with Crippen LogP contribution in [0.2, 0.25) is 0 Å². The van der Waals surface area contributed by atoms with E-state index in [1.54, 1.807) is 0 Å². The highest BCUT2D eigenvalue weighted by atomic mass is 79.9. The first-order valence-electron chi connectivity index (χ1n) is 4.22. The third-order valence-electron chi connectivity index (χ3n) is 1.84. The monoisotopic (exact) mass is 269 g/mol. The van der Waals surface area contributed by atoms with Gasteiger partial charge in [0.2, 0.25) is 0 Å². The van der Waals surface area contributed by atoms with E-state index in [2.05, 4.69) is 20.9 Å². The van der Waals surface area contributed by atoms with E-state index in [1.165, 1.54) is 11.8 Å². The maximum Gasteiger partial charge on any atom is 0.194 e. The minimum Gasteiger partial charge on any atom is -0.287 e. The number of carbonyl (C=O) groups excluding carboxylic acids is 1. The molecule has 0 saturated carbocycles. The van der Waals surface area contributed by atoms with Crippen molar-refractivity contribution >= 4 is 44.2 Å². The lowest BCUT2D eigenvalue weighted by Crippen LogP contribution is -1.93. The van der Waals surface area contributed by atoms with Gasteiger partial charge in [-0.3, -0.25) is 9.79 Å². The van der Waals surface area contributed by atoms with Gasteiger partial charge in [0.15, 0.2) is 5.12 Å². The summed E-state index contributed by atoms with van der Waals surface area (Å²) in [5.41, 5.74) is 1.88. The van der Waals surface area contributed by atoms with E-state index in [0.717, 1.165) is 21.6 Å². The summed E-state index contributed by atoms with van der Waals surface area (Å²) in [7, 11) is 0. The Balaban J connectivity index is 2.21. The molecule has 14 heavy (non-hydrogen) atoms. The van der Waals surface area contributed by atoms with Gasteiger partial charge in [0.05, 0.1) is 12.1 Å². The van der Waals surface area contributed by atoms with E-state index in [4.69, 9.17) is 0 Å². The zero-order valence-corrected chi connectivity index (χ0v) is 9.77. The van der Waals surface area contributed by atoms with Crippen LogP contribution in [0.3, 0.4) is 0 Å². The van der Waals surface area contributed by atoms with Gasteiger partial charge < -0.3 is 0 Å². The Labute approximate surface area is 94.9 Å². The lowest BCUT2D eigenvalue weighted by atomic mass is 10.3. The minimum absolute atomic E-state index is 0.221. The fourth-order valence-corrected chi connectivity index (χ4v) is 2.38. The topological polar surface area (TPSA) is 29.4 Å². The van der Waals surface area contributed by atoms with Gasteiger partial charge in [-0.15, -0.1) is 0 Å². The zero-order chi connectivity index (χ0) is 9.97. The van der Waals surface area contributed by atoms with Crippen molar-refractivity contribution in [1.82, 2.24) is 0 Å². The Hall–Kier alpha value is -0.610. The van der Waals surface area contributed by atoms with Crippen molar-refractivity contribution in [2.45, 2.75) is 6.42 Å². The third kappa shape index (κ3) is 2.45. The van der Waals surface area contributed by atoms with Crippen LogP contribution in [0.5, 0.6) is 0 Å². The van der Waals surface area contributed by atoms with Gasteiger partial charge >= 0.3 is 0 Å². The van der Waals surface area contributed by atoms with Crippen molar-refractivity contribution in [2.75, 3.05) is 5.75 Å². The van der Waals surface area contributed by atoms with Crippen LogP contribution in [-0.4, -0.2) is 16.6 Å². The number of nitrogens with zero attached hydrogens (tertiary/aromatic N) is 1. The molecule has 4 heteroatoms. The summed E-state index contributed by atoms with van der Waals surface area (Å²) in [5.74, 6) is 0.741. The van der Waals surface area contributed by atoms with Crippen LogP contribution in [-0.2, 0) is 4.79 Å². The summed E-state index contributed by atoms with van der Waals surface area (Å²) in [5, 5.41) is 0.221. The van der Waals surface area contributed by atoms with Crippen molar-refractivity contribution in [3.63, 3.8) is 0 Å². The molecule has 2 nitrogen and oxygen atoms in total. The zero-order valence-electron chi connectivity index (χ0n) is 7.37. The molecule has 0 unspecified atom stereocenters. The molecule has 1 aromatic rings. The fourth-order valence-electron chi connectivity index (χ4n) is 1.23. The van der Waals surface area contributed by atoms with E-state index in [0.29, 0.717) is 6.42 Å². The van der Waals surface area contributed by atoms with Crippen molar-refractivity contribution < 1.29 is 4.79 Å². The first-order valence-corrected chi connectivity index (χ1v) is 5.99. The van der Waals surface area contributed by atoms with E-state index in [-0.39, 0.29) is 5.12 Å². The third-order valence-corrected chi connectivity index (χ3v) is 3.28. The lowest BCUT2D eigenvalue weighted by Gasteiger charge is -1.96. The highest BCUT2D eigenvalue weighted by molar-refractivity contribution is 9.10. The predicted molar refractivity (Wildman–Crippen MR) is 63.3 cm³/mol. The Morgan fingerprint density at radius 3 is 2.93 bits per heavy atom. The summed E-state index contributed by atoms with van der Waals surface area (Å²) >= 11 is 4.73. The van der Waals surface area contributed by atoms with Crippen LogP contribution in [0.25, 0.3) is 0 Å². The largest absolute Gasteiger partial charge is 0.287 e. The number of aliphatic imine (C=N–C) groups is 1. The van der Waals surface area contributed by atoms with Crippen LogP contribution in [0.1, 0.15) is 6.42 Å². The normalized spacial score (nSPS) is 19.2. The summed E-state index contributed by atoms with van der Waals surface area (Å²) in [4.78, 5) is 15.4. The predicted octanol–water partition coefficient (Wildman–Crippen LogP) is 3.19. The van der Waals surface area contributed by atoms with E-state index < -0.39 is 0 Å². The molecular formula is C10H8BrNOS. The first-order chi connectivity index (χ1) is 6.74. The quantitative estimate of drug-likeness (QED) is 0.784. The molecule has 0 spiro atoms. The fraction of sp³-hybridized carbons (Fsp3) is 0.200. The van der Waals surface area contributed by atoms with Crippen molar-refractivity contribution in [1.29, 1.82) is 0 Å². The van der Waals surface area contributed by atoms with Crippen molar-refractivity contribution in [3.05, 3.63) is 28.7 Å². The molecule has 0 aromatic heterocycles. The summed E-state index contributed by atoms with van der Waals surface area (Å²) in [6.45, 7) is 0. The molecule has 0 radical (unpaired) electrons. The summed E-state index contributed by atoms with van der Waals surface area (Å²) < 4.78 is 1.01. The molecule has 1 saturated heterocycles. The second-order valence-corrected chi connectivity index (χ2v) is 4.94. The van der Waals surface area contributed by atoms with Crippen LogP contribution in [0.15, 0.2) is 33.7 Å². The minimum atomic E-state index is 0.221. The Morgan fingerprint density at radius 1 is 1.43 bits per heavy atom. The Bertz CT molecular complexity index is 403. The molecule has 2 rings (SSSR count). The molecule has 72 valence electrons. The maximum atomic E-state index is 11.0. The molecule has 0 bridgehead atoms. The van der Waals surface area contributed by atoms with E-state index in [1.807, 2.05) is 24.3 Å². The van der Waals surface area contributed by atoms with Crippen LogP contribution in [0, 0.1) is 0 Å². The standard InChI is InChI=1S/C10H8BrNOS/c11-7-2-1-3-8(4-7)12-9-5-10(13)14-6-9/h1-4H,5-6H2. The van der Waals surface area contributed by atoms with Gasteiger partial charge in [-0.25, -0.2) is 0 Å². The highest BCUT2D eigenvalue weighted by Crippen LogP contribution is 2.23. The number of carbonyl (C=O) groups is 1. The summed E-state index contributed by atoms with van der Waals surface area (Å²) in [6, 6.07) is 7.78. The van der Waals surface area contributed by atoms with E-state index >= 15 is 0 Å². The molecule has 0 N–H and O–H groups in total. The molecule has 0 atom stereocenters. The number of benzene rings is 1. The second-order valence-electron chi connectivity index (χ2n) is 3.00. The average Bonchev–Trinajstić information content (AvgIpc) is 2.51. The van der Waals surface area contributed by atoms with Gasteiger partial charge in [0.1, 0.15) is 0 Å². The molecule has 1 aliphatic rings. The summed E-state index contributed by atoms with van der Waals surface area (Å²) in [6.07, 6.45) is 0.497. The molecule has 0 amide bonds. The highest BCUT2D eigenvalue weighted by Gasteiger charge is 2.17. The maximum absolute atomic E-state index is 11.0. The van der Waals surface area contributed by atoms with Gasteiger partial charge in [-0.05, 0) is 18.2 Å². The van der Waals surface area contributed by atoms with Gasteiger partial charge in [-0.1, -0.05) is 33.8 Å². The number of hydrogen-bond donors (Lipinski definition) is 0. The van der Waals surface area contributed by atoms with Gasteiger partial charge in [-0.2, -0.15) is 0 Å². The van der Waals surface area contributed by atoms with Crippen LogP contribution < -0.4 is 0 Å². The molecule has 1 heterocycles. The number of rotatable bonds is 1. The molecular weight excluding hydrogens is 262 g/mol. The van der Waals surface area contributed by atoms with Crippen LogP contribution in [0.4, 0.5) is 5.69 Å². The molecule has 1 aliphatic heterocycles. The van der Waals surface area contributed by atoms with Gasteiger partial charge in [0.25, 0.3) is 0 Å². The van der Waals surface area contributed by atoms with Gasteiger partial charge in [0, 0.05) is 15.9 Å². The Morgan fingerprint density at radius 2 is 2.29 bits per heavy atom. The number of hydrogen-bond acceptors (Lipinski definition) is 3. The molecule has 0 aliphatic carbocycles. The SMILES string of the molecule is O=C1CC(=Nc2cccc(Br)c2)CS1. The first kappa shape index (κ1) is 9.93. The van der Waals surface area contributed by atoms with Crippen molar-refractivity contribution in [2.24, 2.45) is 4.99 Å². The lowest BCUT2D eigenvalue weighted by molar-refractivity contribution is -0.109. The average molecular weight is 270 g/mol. The number of thioether (sulfide) groups is 1. The second kappa shape index (κ2) is 4.28. The number of halogens is 1. The molecule has 1 aromatic carbocycles. The Kier molecular flexibility index (Phi) is 3.03. The van der Waals surface area contributed by atoms with E-state index in [9.17, 15) is 4.79 Å². The smallest absolute Gasteiger partial charge is 0.194 e. The molecule has 1 fully saturated rings.